The third kappa shape index (κ3) is 3.94. The molecule has 1 saturated carbocycles. The number of alkyl halides is 2. The fraction of sp³-hybridized carbons (Fsp3) is 0.476. The molecular weight excluding hydrogens is 422 g/mol. The summed E-state index contributed by atoms with van der Waals surface area (Å²) in [6.07, 6.45) is 5.40. The van der Waals surface area contributed by atoms with Gasteiger partial charge in [0.25, 0.3) is 0 Å². The Hall–Kier alpha value is -3.37. The second kappa shape index (κ2) is 8.29. The van der Waals surface area contributed by atoms with Gasteiger partial charge in [-0.05, 0) is 25.8 Å². The number of imidazole rings is 1. The number of aryl methyl sites for hydroxylation is 1. The normalized spacial score (nSPS) is 18.5. The molecule has 1 aliphatic heterocycles. The maximum atomic E-state index is 12.4. The smallest absolute Gasteiger partial charge is 0.388 e. The number of rotatable bonds is 7. The lowest BCUT2D eigenvalue weighted by Gasteiger charge is -2.16. The fourth-order valence-corrected chi connectivity index (χ4v) is 3.97. The van der Waals surface area contributed by atoms with Gasteiger partial charge in [-0.1, -0.05) is 0 Å². The van der Waals surface area contributed by atoms with Gasteiger partial charge < -0.3 is 18.9 Å². The van der Waals surface area contributed by atoms with Gasteiger partial charge in [0.2, 0.25) is 17.7 Å². The van der Waals surface area contributed by atoms with Crippen LogP contribution in [0.4, 0.5) is 8.78 Å². The lowest BCUT2D eigenvalue weighted by atomic mass is 10.2. The van der Waals surface area contributed by atoms with Crippen LogP contribution in [-0.2, 0) is 11.3 Å². The number of ether oxygens (including phenoxy) is 2. The molecule has 4 heterocycles. The predicted octanol–water partition coefficient (Wildman–Crippen LogP) is 2.90. The zero-order valence-corrected chi connectivity index (χ0v) is 17.4. The van der Waals surface area contributed by atoms with Crippen molar-refractivity contribution >= 4 is 17.1 Å². The summed E-state index contributed by atoms with van der Waals surface area (Å²) >= 11 is 0. The molecule has 5 rings (SSSR count). The number of likely N-dealkylation sites (tertiary alicyclic amines) is 1. The van der Waals surface area contributed by atoms with E-state index in [0.29, 0.717) is 48.1 Å². The van der Waals surface area contributed by atoms with Crippen LogP contribution < -0.4 is 9.47 Å². The van der Waals surface area contributed by atoms with Crippen LogP contribution in [-0.4, -0.2) is 61.1 Å². The summed E-state index contributed by atoms with van der Waals surface area (Å²) in [5.74, 6) is 1.17. The van der Waals surface area contributed by atoms with Gasteiger partial charge in [-0.15, -0.1) is 0 Å². The maximum absolute atomic E-state index is 12.4. The van der Waals surface area contributed by atoms with E-state index < -0.39 is 6.61 Å². The minimum Gasteiger partial charge on any atom is -0.471 e. The van der Waals surface area contributed by atoms with Gasteiger partial charge in [-0.25, -0.2) is 15.0 Å². The van der Waals surface area contributed by atoms with E-state index in [-0.39, 0.29) is 23.8 Å². The lowest BCUT2D eigenvalue weighted by molar-refractivity contribution is -0.131. The van der Waals surface area contributed by atoms with Crippen molar-refractivity contribution in [3.63, 3.8) is 0 Å². The summed E-state index contributed by atoms with van der Waals surface area (Å²) < 4.78 is 37.1. The standard InChI is InChI=1S/C21H22F2N6O3/c1-2-29-17(13-5-6-15(24-9-13)32-21(22)23)27-16-18(29)25-11-26-19(16)31-14-7-8-28(10-14)20(30)12-3-4-12/h5-6,9,11-12,14,21H,2-4,7-8,10H2,1H3. The summed E-state index contributed by atoms with van der Waals surface area (Å²) in [5.41, 5.74) is 1.73. The first-order valence-electron chi connectivity index (χ1n) is 10.6. The molecule has 1 unspecified atom stereocenters. The molecule has 0 aromatic carbocycles. The molecule has 3 aromatic rings. The molecule has 0 radical (unpaired) electrons. The van der Waals surface area contributed by atoms with E-state index in [2.05, 4.69) is 24.7 Å². The Kier molecular flexibility index (Phi) is 5.32. The molecule has 0 N–H and O–H groups in total. The van der Waals surface area contributed by atoms with Crippen LogP contribution in [0.5, 0.6) is 11.8 Å². The second-order valence-electron chi connectivity index (χ2n) is 7.88. The van der Waals surface area contributed by atoms with Crippen LogP contribution in [0.25, 0.3) is 22.6 Å². The molecule has 1 aliphatic carbocycles. The van der Waals surface area contributed by atoms with Crippen molar-refractivity contribution in [3.05, 3.63) is 24.7 Å². The van der Waals surface area contributed by atoms with E-state index in [1.165, 1.54) is 18.6 Å². The van der Waals surface area contributed by atoms with Crippen molar-refractivity contribution in [3.8, 4) is 23.1 Å². The van der Waals surface area contributed by atoms with Crippen LogP contribution in [0.2, 0.25) is 0 Å². The van der Waals surface area contributed by atoms with Crippen LogP contribution >= 0.6 is 0 Å². The van der Waals surface area contributed by atoms with Crippen molar-refractivity contribution < 1.29 is 23.0 Å². The Morgan fingerprint density at radius 2 is 2.06 bits per heavy atom. The molecule has 9 nitrogen and oxygen atoms in total. The highest BCUT2D eigenvalue weighted by molar-refractivity contribution is 5.82. The summed E-state index contributed by atoms with van der Waals surface area (Å²) in [6, 6.07) is 2.98. The van der Waals surface area contributed by atoms with Gasteiger partial charge in [0.15, 0.2) is 11.2 Å². The van der Waals surface area contributed by atoms with Crippen molar-refractivity contribution in [1.82, 2.24) is 29.4 Å². The number of nitrogens with zero attached hydrogens (tertiary/aromatic N) is 6. The average molecular weight is 444 g/mol. The zero-order valence-electron chi connectivity index (χ0n) is 17.4. The molecule has 2 aliphatic rings. The minimum absolute atomic E-state index is 0.154. The zero-order chi connectivity index (χ0) is 22.2. The summed E-state index contributed by atoms with van der Waals surface area (Å²) in [4.78, 5) is 31.4. The first-order chi connectivity index (χ1) is 15.5. The van der Waals surface area contributed by atoms with E-state index in [1.54, 1.807) is 6.07 Å². The van der Waals surface area contributed by atoms with E-state index in [9.17, 15) is 13.6 Å². The van der Waals surface area contributed by atoms with Gasteiger partial charge in [0, 0.05) is 43.3 Å². The Bertz CT molecular complexity index is 1130. The molecule has 1 amide bonds. The van der Waals surface area contributed by atoms with E-state index in [0.717, 1.165) is 19.3 Å². The third-order valence-corrected chi connectivity index (χ3v) is 5.68. The summed E-state index contributed by atoms with van der Waals surface area (Å²) in [7, 11) is 0. The van der Waals surface area contributed by atoms with Crippen molar-refractivity contribution in [1.29, 1.82) is 0 Å². The number of amides is 1. The van der Waals surface area contributed by atoms with Crippen LogP contribution in [0, 0.1) is 5.92 Å². The molecule has 0 bridgehead atoms. The van der Waals surface area contributed by atoms with Crippen LogP contribution in [0.1, 0.15) is 26.2 Å². The lowest BCUT2D eigenvalue weighted by Crippen LogP contribution is -2.32. The first kappa shape index (κ1) is 20.5. The number of fused-ring (bicyclic) bond motifs is 1. The Morgan fingerprint density at radius 1 is 1.22 bits per heavy atom. The molecule has 3 aromatic heterocycles. The SMILES string of the molecule is CCn1c(-c2ccc(OC(F)F)nc2)nc2c(OC3CCN(C(=O)C4CC4)C3)ncnc21. The van der Waals surface area contributed by atoms with Crippen LogP contribution in [0.3, 0.4) is 0 Å². The van der Waals surface area contributed by atoms with Gasteiger partial charge >= 0.3 is 6.61 Å². The highest BCUT2D eigenvalue weighted by Gasteiger charge is 2.37. The molecule has 168 valence electrons. The number of hydrogen-bond acceptors (Lipinski definition) is 7. The Balaban J connectivity index is 1.40. The number of aromatic nitrogens is 5. The largest absolute Gasteiger partial charge is 0.471 e. The third-order valence-electron chi connectivity index (χ3n) is 5.68. The summed E-state index contributed by atoms with van der Waals surface area (Å²) in [6.45, 7) is 0.812. The van der Waals surface area contributed by atoms with Crippen molar-refractivity contribution in [2.45, 2.75) is 45.4 Å². The minimum atomic E-state index is -2.94. The van der Waals surface area contributed by atoms with Gasteiger partial charge in [0.1, 0.15) is 18.3 Å². The number of halogens is 2. The molecule has 1 atom stereocenters. The number of carbonyl (C=O) groups is 1. The number of pyridine rings is 1. The van der Waals surface area contributed by atoms with Gasteiger partial charge in [-0.2, -0.15) is 13.8 Å². The highest BCUT2D eigenvalue weighted by atomic mass is 19.3. The topological polar surface area (TPSA) is 95.3 Å². The molecule has 11 heteroatoms. The Morgan fingerprint density at radius 3 is 2.75 bits per heavy atom. The van der Waals surface area contributed by atoms with Gasteiger partial charge in [0.05, 0.1) is 6.54 Å². The van der Waals surface area contributed by atoms with Crippen LogP contribution in [0.15, 0.2) is 24.7 Å². The number of hydrogen-bond donors (Lipinski definition) is 0. The molecule has 2 fully saturated rings. The monoisotopic (exact) mass is 444 g/mol. The molecule has 1 saturated heterocycles. The molecular formula is C21H22F2N6O3. The van der Waals surface area contributed by atoms with Crippen molar-refractivity contribution in [2.75, 3.05) is 13.1 Å². The Labute approximate surface area is 182 Å². The molecule has 32 heavy (non-hydrogen) atoms. The quantitative estimate of drug-likeness (QED) is 0.553. The molecule has 0 spiro atoms. The summed E-state index contributed by atoms with van der Waals surface area (Å²) in [5, 5.41) is 0. The van der Waals surface area contributed by atoms with E-state index >= 15 is 0 Å². The second-order valence-corrected chi connectivity index (χ2v) is 7.88. The van der Waals surface area contributed by atoms with E-state index in [1.807, 2.05) is 16.4 Å². The van der Waals surface area contributed by atoms with E-state index in [4.69, 9.17) is 4.74 Å². The number of carbonyl (C=O) groups excluding carboxylic acids is 1. The predicted molar refractivity (Wildman–Crippen MR) is 109 cm³/mol. The first-order valence-corrected chi connectivity index (χ1v) is 10.6. The average Bonchev–Trinajstić information content (AvgIpc) is 3.41. The van der Waals surface area contributed by atoms with Gasteiger partial charge in [-0.3, -0.25) is 4.79 Å². The maximum Gasteiger partial charge on any atom is 0.388 e. The highest BCUT2D eigenvalue weighted by Crippen LogP contribution is 2.33. The fourth-order valence-electron chi connectivity index (χ4n) is 3.97. The van der Waals surface area contributed by atoms with Crippen molar-refractivity contribution in [2.24, 2.45) is 5.92 Å².